The summed E-state index contributed by atoms with van der Waals surface area (Å²) >= 11 is 0. The number of hydrogen-bond acceptors (Lipinski definition) is 4. The molecule has 4 aliphatic rings. The molecule has 12 aromatic rings. The summed E-state index contributed by atoms with van der Waals surface area (Å²) in [6.45, 7) is 22.4. The van der Waals surface area contributed by atoms with Gasteiger partial charge in [-0.2, -0.15) is 0 Å². The van der Waals surface area contributed by atoms with E-state index in [-0.39, 0.29) is 13.4 Å². The average Bonchev–Trinajstić information content (AvgIpc) is 0.724. The van der Waals surface area contributed by atoms with Gasteiger partial charge in [-0.1, -0.05) is 157 Å². The second-order valence-corrected chi connectivity index (χ2v) is 25.1. The van der Waals surface area contributed by atoms with E-state index in [1.807, 2.05) is 0 Å². The van der Waals surface area contributed by atoms with Crippen LogP contribution in [0.3, 0.4) is 0 Å². The topological polar surface area (TPSA) is 13.0 Å². The molecule has 0 atom stereocenters. The molecule has 0 radical (unpaired) electrons. The first-order chi connectivity index (χ1) is 42.8. The second kappa shape index (κ2) is 21.4. The molecule has 0 saturated heterocycles. The van der Waals surface area contributed by atoms with Gasteiger partial charge in [0.1, 0.15) is 0 Å². The fourth-order valence-corrected chi connectivity index (χ4v) is 14.3. The van der Waals surface area contributed by atoms with Crippen LogP contribution in [0.25, 0.3) is 22.3 Å². The van der Waals surface area contributed by atoms with Crippen LogP contribution in [-0.2, 0) is 0 Å². The molecule has 4 nitrogen and oxygen atoms in total. The number of nitrogens with zero attached hydrogens (tertiary/aromatic N) is 4. The average molecular weight is 1130 g/mol. The van der Waals surface area contributed by atoms with Crippen LogP contribution in [0.15, 0.2) is 243 Å². The van der Waals surface area contributed by atoms with E-state index in [0.29, 0.717) is 0 Å². The minimum Gasteiger partial charge on any atom is -0.311 e. The summed E-state index contributed by atoms with van der Waals surface area (Å²) in [7, 11) is 0. The molecule has 424 valence electrons. The van der Waals surface area contributed by atoms with Gasteiger partial charge in [-0.05, 0) is 266 Å². The number of aryl methyl sites for hydroxylation is 10. The van der Waals surface area contributed by atoms with E-state index in [0.717, 1.165) is 5.69 Å². The van der Waals surface area contributed by atoms with Crippen molar-refractivity contribution >= 4 is 114 Å². The Hall–Kier alpha value is -10.0. The van der Waals surface area contributed by atoms with Crippen LogP contribution >= 0.6 is 0 Å². The van der Waals surface area contributed by atoms with Crippen LogP contribution in [0, 0.1) is 69.2 Å². The predicted octanol–water partition coefficient (Wildman–Crippen LogP) is 18.0. The summed E-state index contributed by atoms with van der Waals surface area (Å²) in [5.41, 5.74) is 41.0. The lowest BCUT2D eigenvalue weighted by Gasteiger charge is -2.44. The highest BCUT2D eigenvalue weighted by atomic mass is 15.2. The van der Waals surface area contributed by atoms with E-state index < -0.39 is 0 Å². The summed E-state index contributed by atoms with van der Waals surface area (Å²) in [6.07, 6.45) is 0. The highest BCUT2D eigenvalue weighted by Crippen LogP contribution is 2.47. The third-order valence-corrected chi connectivity index (χ3v) is 19.5. The van der Waals surface area contributed by atoms with Gasteiger partial charge >= 0.3 is 0 Å². The van der Waals surface area contributed by atoms with Crippen LogP contribution in [0.1, 0.15) is 55.6 Å². The molecule has 0 saturated carbocycles. The molecule has 12 aromatic carbocycles. The first-order valence-corrected chi connectivity index (χ1v) is 31.1. The highest BCUT2D eigenvalue weighted by Gasteiger charge is 2.45. The maximum absolute atomic E-state index is 2.51. The van der Waals surface area contributed by atoms with Gasteiger partial charge in [0, 0.05) is 68.2 Å². The molecule has 0 unspecified atom stereocenters. The molecular formula is C82H70B2N4. The molecule has 0 fully saturated rings. The molecular weight excluding hydrogens is 1060 g/mol. The molecule has 4 heterocycles. The van der Waals surface area contributed by atoms with Crippen LogP contribution < -0.4 is 52.4 Å². The van der Waals surface area contributed by atoms with E-state index >= 15 is 0 Å². The molecule has 88 heavy (non-hydrogen) atoms. The Morgan fingerprint density at radius 1 is 0.205 bits per heavy atom. The first-order valence-electron chi connectivity index (χ1n) is 31.1. The van der Waals surface area contributed by atoms with Gasteiger partial charge in [0.05, 0.1) is 0 Å². The monoisotopic (exact) mass is 1130 g/mol. The molecule has 0 spiro atoms. The quantitative estimate of drug-likeness (QED) is 0.154. The molecule has 6 heteroatoms. The molecule has 0 amide bonds. The zero-order valence-electron chi connectivity index (χ0n) is 52.0. The predicted molar refractivity (Wildman–Crippen MR) is 379 cm³/mol. The van der Waals surface area contributed by atoms with Gasteiger partial charge in [0.15, 0.2) is 0 Å². The number of anilines is 12. The Morgan fingerprint density at radius 3 is 1.01 bits per heavy atom. The number of hydrogen-bond donors (Lipinski definition) is 0. The summed E-state index contributed by atoms with van der Waals surface area (Å²) in [6, 6.07) is 90.6. The van der Waals surface area contributed by atoms with Gasteiger partial charge in [-0.25, -0.2) is 0 Å². The third-order valence-electron chi connectivity index (χ3n) is 19.5. The minimum atomic E-state index is 0.0938. The lowest BCUT2D eigenvalue weighted by molar-refractivity contribution is 1.21. The van der Waals surface area contributed by atoms with Crippen molar-refractivity contribution in [3.8, 4) is 22.3 Å². The van der Waals surface area contributed by atoms with Crippen molar-refractivity contribution < 1.29 is 0 Å². The fourth-order valence-electron chi connectivity index (χ4n) is 14.3. The SMILES string of the molecule is Cc1ccc(N2c3cc(C)c(C)cc3B3c4cc(C)c(C)cc4N(c4ccc(C)c(C)c4)c4cccc2c43)cc1C.Cc1ccc(N2c3ccc(C)cc3B3c4cc(-c5ccccc5)ccc4N(c4ccc(-c5ccccc5)cc4)c4cccc2c43)cc1. The normalized spacial score (nSPS) is 13.0. The van der Waals surface area contributed by atoms with E-state index in [4.69, 9.17) is 0 Å². The van der Waals surface area contributed by atoms with Gasteiger partial charge in [-0.3, -0.25) is 0 Å². The number of benzene rings is 12. The Bertz CT molecular complexity index is 4630. The molecule has 0 bridgehead atoms. The largest absolute Gasteiger partial charge is 0.311 e. The van der Waals surface area contributed by atoms with Crippen molar-refractivity contribution in [3.05, 3.63) is 298 Å². The fraction of sp³-hybridized carbons (Fsp3) is 0.122. The van der Waals surface area contributed by atoms with Crippen molar-refractivity contribution in [1.29, 1.82) is 0 Å². The first kappa shape index (κ1) is 54.6. The standard InChI is InChI=1S/C44H33BN2.C38H37BN2/c1-30-16-22-36(23-17-30)46-40-26-18-31(2)28-38(40)45-39-29-35(33-12-7-4-8-13-33)21-27-41(39)47(43-15-9-14-42(46)44(43)45)37-24-19-34(20-25-37)32-10-5-3-6-11-32;1-22-12-14-30(16-24(22)3)40-34-10-9-11-35-38(34)39(32-18-26(5)28(7)20-36(32)40)33-19-27(6)29(8)21-37(33)41(35)31-15-13-23(2)25(4)17-31/h3-29H,1-2H3;9-21H,1-8H3. The number of fused-ring (bicyclic) bond motifs is 8. The summed E-state index contributed by atoms with van der Waals surface area (Å²) < 4.78 is 0. The zero-order chi connectivity index (χ0) is 60.2. The Kier molecular flexibility index (Phi) is 13.3. The van der Waals surface area contributed by atoms with E-state index in [2.05, 4.69) is 331 Å². The van der Waals surface area contributed by atoms with Gasteiger partial charge < -0.3 is 19.6 Å². The zero-order valence-corrected chi connectivity index (χ0v) is 52.0. The lowest BCUT2D eigenvalue weighted by Crippen LogP contribution is -2.61. The van der Waals surface area contributed by atoms with E-state index in [1.165, 1.54) is 173 Å². The minimum absolute atomic E-state index is 0.0938. The van der Waals surface area contributed by atoms with Crippen molar-refractivity contribution in [1.82, 2.24) is 0 Å². The second-order valence-electron chi connectivity index (χ2n) is 25.1. The van der Waals surface area contributed by atoms with Gasteiger partial charge in [0.25, 0.3) is 13.4 Å². The van der Waals surface area contributed by atoms with Crippen LogP contribution in [0.4, 0.5) is 68.2 Å². The van der Waals surface area contributed by atoms with Crippen LogP contribution in [0.5, 0.6) is 0 Å². The van der Waals surface area contributed by atoms with Crippen molar-refractivity contribution in [2.75, 3.05) is 19.6 Å². The summed E-state index contributed by atoms with van der Waals surface area (Å²) in [5, 5.41) is 0. The summed E-state index contributed by atoms with van der Waals surface area (Å²) in [5.74, 6) is 0. The molecule has 4 aliphatic heterocycles. The maximum atomic E-state index is 2.51. The van der Waals surface area contributed by atoms with Crippen molar-refractivity contribution in [2.45, 2.75) is 69.2 Å². The van der Waals surface area contributed by atoms with Gasteiger partial charge in [-0.15, -0.1) is 0 Å². The molecule has 16 rings (SSSR count). The Morgan fingerprint density at radius 2 is 0.545 bits per heavy atom. The van der Waals surface area contributed by atoms with Gasteiger partial charge in [0.2, 0.25) is 0 Å². The number of rotatable bonds is 6. The molecule has 0 N–H and O–H groups in total. The molecule has 0 aromatic heterocycles. The Balaban J connectivity index is 0.000000149. The summed E-state index contributed by atoms with van der Waals surface area (Å²) in [4.78, 5) is 9.96. The van der Waals surface area contributed by atoms with Crippen molar-refractivity contribution in [2.24, 2.45) is 0 Å². The molecule has 0 aliphatic carbocycles. The van der Waals surface area contributed by atoms with Crippen LogP contribution in [0.2, 0.25) is 0 Å². The van der Waals surface area contributed by atoms with Crippen molar-refractivity contribution in [3.63, 3.8) is 0 Å². The van der Waals surface area contributed by atoms with Crippen LogP contribution in [-0.4, -0.2) is 13.4 Å². The Labute approximate surface area is 520 Å². The van der Waals surface area contributed by atoms with E-state index in [1.54, 1.807) is 0 Å². The maximum Gasteiger partial charge on any atom is 0.252 e. The lowest BCUT2D eigenvalue weighted by atomic mass is 9.33. The highest BCUT2D eigenvalue weighted by molar-refractivity contribution is 7.01. The third kappa shape index (κ3) is 8.99. The smallest absolute Gasteiger partial charge is 0.252 e. The van der Waals surface area contributed by atoms with E-state index in [9.17, 15) is 0 Å².